The Labute approximate surface area is 190 Å². The summed E-state index contributed by atoms with van der Waals surface area (Å²) in [4.78, 5) is 12.5. The number of benzene rings is 2. The predicted molar refractivity (Wildman–Crippen MR) is 121 cm³/mol. The van der Waals surface area contributed by atoms with Gasteiger partial charge in [-0.1, -0.05) is 28.4 Å². The van der Waals surface area contributed by atoms with E-state index in [9.17, 15) is 4.79 Å². The molecule has 1 N–H and O–H groups in total. The second-order valence-corrected chi connectivity index (χ2v) is 8.80. The zero-order chi connectivity index (χ0) is 21.7. The summed E-state index contributed by atoms with van der Waals surface area (Å²) in [6, 6.07) is 9.07. The highest BCUT2D eigenvalue weighted by Gasteiger charge is 2.34. The molecule has 3 rings (SSSR count). The minimum Gasteiger partial charge on any atom is -0.493 e. The van der Waals surface area contributed by atoms with Crippen molar-refractivity contribution in [2.24, 2.45) is 5.16 Å². The van der Waals surface area contributed by atoms with Gasteiger partial charge in [0.1, 0.15) is 23.4 Å². The Kier molecular flexibility index (Phi) is 7.39. The van der Waals surface area contributed by atoms with Crippen LogP contribution in [0.4, 0.5) is 10.5 Å². The molecule has 1 aliphatic heterocycles. The van der Waals surface area contributed by atoms with Crippen LogP contribution in [-0.2, 0) is 14.6 Å². The van der Waals surface area contributed by atoms with Crippen LogP contribution < -0.4 is 10.1 Å². The number of aryl methyl sites for hydroxylation is 1. The van der Waals surface area contributed by atoms with Crippen molar-refractivity contribution in [2.45, 2.75) is 44.1 Å². The third kappa shape index (κ3) is 5.74. The van der Waals surface area contributed by atoms with Crippen LogP contribution in [0, 0.1) is 6.92 Å². The SMILES string of the molecule is Cc1cc2c(cc1OCCCC=NOSc1ccc(Cl)c(Cl)c1)C(C)(C)OC(=O)N2. The molecular weight excluding hydrogens is 447 g/mol. The normalized spacial score (nSPS) is 14.8. The molecule has 0 saturated heterocycles. The van der Waals surface area contributed by atoms with Crippen LogP contribution in [0.2, 0.25) is 10.0 Å². The van der Waals surface area contributed by atoms with Gasteiger partial charge < -0.3 is 13.8 Å². The first-order valence-electron chi connectivity index (χ1n) is 9.35. The smallest absolute Gasteiger partial charge is 0.412 e. The fraction of sp³-hybridized carbons (Fsp3) is 0.333. The fourth-order valence-corrected chi connectivity index (χ4v) is 3.74. The molecule has 0 bridgehead atoms. The zero-order valence-corrected chi connectivity index (χ0v) is 19.2. The van der Waals surface area contributed by atoms with Crippen LogP contribution in [0.15, 0.2) is 40.4 Å². The average molecular weight is 469 g/mol. The molecule has 1 aliphatic rings. The van der Waals surface area contributed by atoms with Crippen LogP contribution in [0.1, 0.15) is 37.8 Å². The van der Waals surface area contributed by atoms with E-state index in [2.05, 4.69) is 10.5 Å². The van der Waals surface area contributed by atoms with Gasteiger partial charge in [0.05, 0.1) is 27.2 Å². The molecule has 30 heavy (non-hydrogen) atoms. The monoisotopic (exact) mass is 468 g/mol. The lowest BCUT2D eigenvalue weighted by molar-refractivity contribution is 0.0418. The minimum absolute atomic E-state index is 0.445. The standard InChI is InChI=1S/C21H22Cl2N2O4S/c1-13-10-18-15(21(2,3)28-20(26)25-18)12-19(13)27-9-5-4-8-24-29-30-14-6-7-16(22)17(23)11-14/h6-8,10-12H,4-5,9H2,1-3H3,(H,25,26). The van der Waals surface area contributed by atoms with E-state index in [0.29, 0.717) is 23.1 Å². The Morgan fingerprint density at radius 3 is 2.80 bits per heavy atom. The summed E-state index contributed by atoms with van der Waals surface area (Å²) in [6.45, 7) is 6.19. The van der Waals surface area contributed by atoms with Gasteiger partial charge in [-0.2, -0.15) is 0 Å². The fourth-order valence-electron chi connectivity index (χ4n) is 2.90. The lowest BCUT2D eigenvalue weighted by atomic mass is 9.93. The van der Waals surface area contributed by atoms with Gasteiger partial charge in [-0.15, -0.1) is 0 Å². The van der Waals surface area contributed by atoms with E-state index in [1.807, 2.05) is 32.9 Å². The van der Waals surface area contributed by atoms with Gasteiger partial charge in [0.15, 0.2) is 0 Å². The molecule has 0 unspecified atom stereocenters. The first kappa shape index (κ1) is 22.6. The van der Waals surface area contributed by atoms with Crippen molar-refractivity contribution in [1.29, 1.82) is 0 Å². The van der Waals surface area contributed by atoms with Crippen LogP contribution >= 0.6 is 35.2 Å². The molecule has 0 fully saturated rings. The van der Waals surface area contributed by atoms with Crippen molar-refractivity contribution >= 4 is 53.2 Å². The Balaban J connectivity index is 1.44. The number of halogens is 2. The maximum absolute atomic E-state index is 11.7. The summed E-state index contributed by atoms with van der Waals surface area (Å²) in [5.41, 5.74) is 1.88. The highest BCUT2D eigenvalue weighted by Crippen LogP contribution is 2.39. The molecule has 160 valence electrons. The number of hydrogen-bond donors (Lipinski definition) is 1. The summed E-state index contributed by atoms with van der Waals surface area (Å²) < 4.78 is 16.5. The molecule has 1 heterocycles. The number of nitrogens with one attached hydrogen (secondary N) is 1. The number of carbonyl (C=O) groups is 1. The molecule has 0 aromatic heterocycles. The maximum atomic E-state index is 11.7. The molecule has 0 spiro atoms. The van der Waals surface area contributed by atoms with E-state index in [-0.39, 0.29) is 0 Å². The number of oxime groups is 1. The molecule has 0 aliphatic carbocycles. The Bertz CT molecular complexity index is 966. The number of unbranched alkanes of at least 4 members (excludes halogenated alkanes) is 1. The third-order valence-corrected chi connectivity index (χ3v) is 5.77. The van der Waals surface area contributed by atoms with E-state index in [1.165, 1.54) is 0 Å². The molecular formula is C21H22Cl2N2O4S. The van der Waals surface area contributed by atoms with Crippen LogP contribution in [0.25, 0.3) is 0 Å². The van der Waals surface area contributed by atoms with Crippen molar-refractivity contribution in [3.05, 3.63) is 51.5 Å². The van der Waals surface area contributed by atoms with Crippen LogP contribution in [0.5, 0.6) is 5.75 Å². The Morgan fingerprint density at radius 1 is 1.23 bits per heavy atom. The number of rotatable bonds is 8. The molecule has 2 aromatic carbocycles. The van der Waals surface area contributed by atoms with E-state index >= 15 is 0 Å². The first-order valence-corrected chi connectivity index (χ1v) is 10.8. The molecule has 2 aromatic rings. The summed E-state index contributed by atoms with van der Waals surface area (Å²) in [5.74, 6) is 0.768. The zero-order valence-electron chi connectivity index (χ0n) is 16.8. The van der Waals surface area contributed by atoms with Gasteiger partial charge in [0.25, 0.3) is 0 Å². The number of cyclic esters (lactones) is 1. The summed E-state index contributed by atoms with van der Waals surface area (Å²) in [6.07, 6.45) is 2.73. The summed E-state index contributed by atoms with van der Waals surface area (Å²) in [5, 5.41) is 7.62. The molecule has 6 nitrogen and oxygen atoms in total. The molecule has 0 saturated carbocycles. The highest BCUT2D eigenvalue weighted by molar-refractivity contribution is 7.94. The van der Waals surface area contributed by atoms with E-state index in [4.69, 9.17) is 37.0 Å². The van der Waals surface area contributed by atoms with E-state index < -0.39 is 11.7 Å². The van der Waals surface area contributed by atoms with Crippen molar-refractivity contribution in [3.63, 3.8) is 0 Å². The Hall–Kier alpha value is -2.09. The van der Waals surface area contributed by atoms with Gasteiger partial charge in [-0.3, -0.25) is 5.32 Å². The molecule has 0 atom stereocenters. The van der Waals surface area contributed by atoms with E-state index in [1.54, 1.807) is 24.4 Å². The molecule has 0 radical (unpaired) electrons. The number of amides is 1. The Morgan fingerprint density at radius 2 is 2.03 bits per heavy atom. The third-order valence-electron chi connectivity index (χ3n) is 4.43. The predicted octanol–water partition coefficient (Wildman–Crippen LogP) is 6.97. The van der Waals surface area contributed by atoms with Crippen molar-refractivity contribution in [3.8, 4) is 5.75 Å². The second-order valence-electron chi connectivity index (χ2n) is 7.20. The van der Waals surface area contributed by atoms with Gasteiger partial charge in [0.2, 0.25) is 0 Å². The quantitative estimate of drug-likeness (QED) is 0.196. The number of ether oxygens (including phenoxy) is 2. The number of fused-ring (bicyclic) bond motifs is 1. The molecule has 1 amide bonds. The van der Waals surface area contributed by atoms with Crippen LogP contribution in [0.3, 0.4) is 0 Å². The van der Waals surface area contributed by atoms with Crippen LogP contribution in [-0.4, -0.2) is 18.9 Å². The van der Waals surface area contributed by atoms with Gasteiger partial charge in [0, 0.05) is 11.8 Å². The van der Waals surface area contributed by atoms with Crippen molar-refractivity contribution in [1.82, 2.24) is 0 Å². The number of nitrogens with zero attached hydrogens (tertiary/aromatic N) is 1. The van der Waals surface area contributed by atoms with Crippen molar-refractivity contribution < 1.29 is 18.6 Å². The lowest BCUT2D eigenvalue weighted by Crippen LogP contribution is -2.34. The largest absolute Gasteiger partial charge is 0.493 e. The molecule has 9 heteroatoms. The maximum Gasteiger partial charge on any atom is 0.412 e. The first-order chi connectivity index (χ1) is 14.3. The highest BCUT2D eigenvalue weighted by atomic mass is 35.5. The number of anilines is 1. The average Bonchev–Trinajstić information content (AvgIpc) is 2.66. The summed E-state index contributed by atoms with van der Waals surface area (Å²) >= 11 is 12.9. The van der Waals surface area contributed by atoms with Crippen molar-refractivity contribution in [2.75, 3.05) is 11.9 Å². The second kappa shape index (κ2) is 9.81. The lowest BCUT2D eigenvalue weighted by Gasteiger charge is -2.33. The van der Waals surface area contributed by atoms with Gasteiger partial charge in [-0.05, 0) is 69.5 Å². The van der Waals surface area contributed by atoms with Gasteiger partial charge in [-0.25, -0.2) is 4.79 Å². The van der Waals surface area contributed by atoms with Gasteiger partial charge >= 0.3 is 6.09 Å². The number of hydrogen-bond acceptors (Lipinski definition) is 6. The topological polar surface area (TPSA) is 69.1 Å². The minimum atomic E-state index is -0.709. The van der Waals surface area contributed by atoms with E-state index in [0.717, 1.165) is 45.9 Å². The summed E-state index contributed by atoms with van der Waals surface area (Å²) in [7, 11) is 0. The number of carbonyl (C=O) groups excluding carboxylic acids is 1.